The molecule has 1 saturated heterocycles. The van der Waals surface area contributed by atoms with Gasteiger partial charge in [0, 0.05) is 34.6 Å². The van der Waals surface area contributed by atoms with E-state index in [1.165, 1.54) is 11.5 Å². The summed E-state index contributed by atoms with van der Waals surface area (Å²) in [6.45, 7) is 2.32. The highest BCUT2D eigenvalue weighted by Gasteiger charge is 2.20. The molecule has 2 aromatic heterocycles. The maximum atomic E-state index is 12.3. The van der Waals surface area contributed by atoms with E-state index in [4.69, 9.17) is 0 Å². The number of aromatic nitrogens is 2. The Morgan fingerprint density at radius 1 is 1.16 bits per heavy atom. The lowest BCUT2D eigenvalue weighted by Crippen LogP contribution is -2.37. The van der Waals surface area contributed by atoms with Gasteiger partial charge in [-0.25, -0.2) is 4.37 Å². The van der Waals surface area contributed by atoms with Crippen LogP contribution in [-0.4, -0.2) is 28.4 Å². The molecule has 0 spiro atoms. The fourth-order valence-electron chi connectivity index (χ4n) is 3.22. The third-order valence-electron chi connectivity index (χ3n) is 4.70. The van der Waals surface area contributed by atoms with E-state index in [1.807, 2.05) is 17.8 Å². The van der Waals surface area contributed by atoms with Gasteiger partial charge in [-0.1, -0.05) is 12.1 Å². The van der Waals surface area contributed by atoms with E-state index < -0.39 is 0 Å². The average molecular weight is 352 g/mol. The predicted molar refractivity (Wildman–Crippen MR) is 100 cm³/mol. The highest BCUT2D eigenvalue weighted by Crippen LogP contribution is 2.25. The largest absolute Gasteiger partial charge is 0.350 e. The van der Waals surface area contributed by atoms with Crippen LogP contribution in [0.2, 0.25) is 0 Å². The molecular weight excluding hydrogens is 332 g/mol. The zero-order valence-corrected chi connectivity index (χ0v) is 14.7. The van der Waals surface area contributed by atoms with E-state index in [1.54, 1.807) is 0 Å². The van der Waals surface area contributed by atoms with E-state index in [0.717, 1.165) is 53.5 Å². The van der Waals surface area contributed by atoms with Crippen LogP contribution in [0.25, 0.3) is 21.9 Å². The van der Waals surface area contributed by atoms with Gasteiger partial charge in [0.2, 0.25) is 5.91 Å². The first-order valence-electron chi connectivity index (χ1n) is 8.56. The van der Waals surface area contributed by atoms with Crippen LogP contribution in [0.3, 0.4) is 0 Å². The van der Waals surface area contributed by atoms with Gasteiger partial charge in [0.05, 0.1) is 12.2 Å². The van der Waals surface area contributed by atoms with Crippen LogP contribution in [0.1, 0.15) is 18.5 Å². The van der Waals surface area contributed by atoms with Crippen molar-refractivity contribution < 1.29 is 4.79 Å². The maximum absolute atomic E-state index is 12.3. The van der Waals surface area contributed by atoms with Crippen molar-refractivity contribution in [2.45, 2.75) is 19.4 Å². The minimum absolute atomic E-state index is 0.124. The molecule has 3 aromatic rings. The van der Waals surface area contributed by atoms with Crippen LogP contribution in [0.15, 0.2) is 42.0 Å². The first kappa shape index (κ1) is 16.2. The Hall–Kier alpha value is -2.31. The fraction of sp³-hybridized carbons (Fsp3) is 0.316. The van der Waals surface area contributed by atoms with Gasteiger partial charge in [0.25, 0.3) is 0 Å². The minimum Gasteiger partial charge on any atom is -0.350 e. The van der Waals surface area contributed by atoms with Crippen molar-refractivity contribution in [1.29, 1.82) is 0 Å². The molecule has 0 saturated carbocycles. The van der Waals surface area contributed by atoms with Gasteiger partial charge in [-0.3, -0.25) is 9.78 Å². The lowest BCUT2D eigenvalue weighted by Gasteiger charge is -2.21. The summed E-state index contributed by atoms with van der Waals surface area (Å²) in [7, 11) is 0. The molecule has 3 heterocycles. The molecule has 1 aliphatic rings. The van der Waals surface area contributed by atoms with Crippen LogP contribution in [0.4, 0.5) is 0 Å². The Morgan fingerprint density at radius 3 is 2.84 bits per heavy atom. The Morgan fingerprint density at radius 2 is 2.04 bits per heavy atom. The summed E-state index contributed by atoms with van der Waals surface area (Å²) in [6.07, 6.45) is 5.58. The number of hydrogen-bond acceptors (Lipinski definition) is 5. The van der Waals surface area contributed by atoms with Crippen LogP contribution < -0.4 is 10.6 Å². The van der Waals surface area contributed by atoms with Gasteiger partial charge in [0.1, 0.15) is 0 Å². The number of amides is 1. The topological polar surface area (TPSA) is 66.9 Å². The predicted octanol–water partition coefficient (Wildman–Crippen LogP) is 2.97. The second kappa shape index (κ2) is 7.29. The highest BCUT2D eigenvalue weighted by molar-refractivity contribution is 7.03. The molecule has 0 atom stereocenters. The number of fused-ring (bicyclic) bond motifs is 1. The molecule has 2 N–H and O–H groups in total. The summed E-state index contributed by atoms with van der Waals surface area (Å²) in [5.74, 6) is 0.265. The van der Waals surface area contributed by atoms with E-state index in [9.17, 15) is 4.79 Å². The second-order valence-electron chi connectivity index (χ2n) is 6.39. The minimum atomic E-state index is 0.124. The van der Waals surface area contributed by atoms with Gasteiger partial charge in [-0.15, -0.1) is 0 Å². The molecule has 128 valence electrons. The molecule has 25 heavy (non-hydrogen) atoms. The molecule has 4 rings (SSSR count). The molecule has 5 nitrogen and oxygen atoms in total. The molecular formula is C19H20N4OS. The maximum Gasteiger partial charge on any atom is 0.223 e. The number of pyridine rings is 1. The zero-order valence-electron chi connectivity index (χ0n) is 13.9. The Bertz CT molecular complexity index is 872. The van der Waals surface area contributed by atoms with Gasteiger partial charge in [-0.05, 0) is 60.5 Å². The zero-order chi connectivity index (χ0) is 17.1. The summed E-state index contributed by atoms with van der Waals surface area (Å²) in [5.41, 5.74) is 3.16. The van der Waals surface area contributed by atoms with Crippen molar-refractivity contribution in [2.75, 3.05) is 13.1 Å². The molecule has 1 amide bonds. The van der Waals surface area contributed by atoms with Gasteiger partial charge < -0.3 is 10.6 Å². The Kier molecular flexibility index (Phi) is 4.72. The third kappa shape index (κ3) is 3.70. The van der Waals surface area contributed by atoms with E-state index in [2.05, 4.69) is 44.3 Å². The number of carbonyl (C=O) groups excluding carboxylic acids is 1. The molecule has 0 radical (unpaired) electrons. The number of carbonyl (C=O) groups is 1. The molecule has 1 aliphatic heterocycles. The summed E-state index contributed by atoms with van der Waals surface area (Å²) in [6, 6.07) is 8.37. The van der Waals surface area contributed by atoms with E-state index in [0.29, 0.717) is 6.54 Å². The van der Waals surface area contributed by atoms with E-state index in [-0.39, 0.29) is 11.8 Å². The van der Waals surface area contributed by atoms with E-state index >= 15 is 0 Å². The van der Waals surface area contributed by atoms with Crippen molar-refractivity contribution in [2.24, 2.45) is 5.92 Å². The molecule has 0 bridgehead atoms. The number of benzene rings is 1. The lowest BCUT2D eigenvalue weighted by molar-refractivity contribution is -0.125. The number of piperidine rings is 1. The number of rotatable bonds is 4. The normalized spacial score (nSPS) is 15.4. The second-order valence-corrected chi connectivity index (χ2v) is 7.05. The number of nitrogens with zero attached hydrogens (tertiary/aromatic N) is 2. The first-order chi connectivity index (χ1) is 12.3. The quantitative estimate of drug-likeness (QED) is 0.757. The van der Waals surface area contributed by atoms with Crippen LogP contribution in [0.5, 0.6) is 0 Å². The van der Waals surface area contributed by atoms with Crippen molar-refractivity contribution >= 4 is 28.2 Å². The molecule has 6 heteroatoms. The van der Waals surface area contributed by atoms with Crippen LogP contribution >= 0.6 is 11.5 Å². The summed E-state index contributed by atoms with van der Waals surface area (Å²) in [5, 5.41) is 10.6. The van der Waals surface area contributed by atoms with Gasteiger partial charge >= 0.3 is 0 Å². The molecule has 1 aromatic carbocycles. The first-order valence-corrected chi connectivity index (χ1v) is 9.40. The average Bonchev–Trinajstić information content (AvgIpc) is 3.21. The summed E-state index contributed by atoms with van der Waals surface area (Å²) >= 11 is 1.45. The fourth-order valence-corrected chi connectivity index (χ4v) is 3.76. The number of hydrogen-bond donors (Lipinski definition) is 2. The van der Waals surface area contributed by atoms with Crippen molar-refractivity contribution in [3.63, 3.8) is 0 Å². The number of nitrogens with one attached hydrogen (secondary N) is 2. The van der Waals surface area contributed by atoms with Crippen molar-refractivity contribution in [1.82, 2.24) is 20.0 Å². The summed E-state index contributed by atoms with van der Waals surface area (Å²) in [4.78, 5) is 16.8. The standard InChI is InChI=1S/C19H20N4OS/c24-19(13-3-5-20-6-4-13)22-11-18-8-16-7-14(17-10-23-25-12-17)1-2-15(16)9-21-18/h1-2,7-10,12-13,20H,3-6,11H2,(H,22,24). The SMILES string of the molecule is O=C(NCc1cc2cc(-c3cnsc3)ccc2cn1)C1CCNCC1. The van der Waals surface area contributed by atoms with Gasteiger partial charge in [-0.2, -0.15) is 0 Å². The smallest absolute Gasteiger partial charge is 0.223 e. The van der Waals surface area contributed by atoms with Crippen molar-refractivity contribution in [3.05, 3.63) is 47.7 Å². The third-order valence-corrected chi connectivity index (χ3v) is 5.28. The highest BCUT2D eigenvalue weighted by atomic mass is 32.1. The summed E-state index contributed by atoms with van der Waals surface area (Å²) < 4.78 is 4.17. The molecule has 0 unspecified atom stereocenters. The lowest BCUT2D eigenvalue weighted by atomic mass is 9.97. The Labute approximate surface area is 150 Å². The van der Waals surface area contributed by atoms with Crippen LogP contribution in [-0.2, 0) is 11.3 Å². The molecule has 1 fully saturated rings. The van der Waals surface area contributed by atoms with Crippen LogP contribution in [0, 0.1) is 5.92 Å². The Balaban J connectivity index is 1.49. The van der Waals surface area contributed by atoms with Gasteiger partial charge in [0.15, 0.2) is 0 Å². The van der Waals surface area contributed by atoms with Crippen molar-refractivity contribution in [3.8, 4) is 11.1 Å². The monoisotopic (exact) mass is 352 g/mol. The molecule has 0 aliphatic carbocycles.